The van der Waals surface area contributed by atoms with Crippen LogP contribution in [0.2, 0.25) is 0 Å². The number of rotatable bonds is 9. The van der Waals surface area contributed by atoms with Crippen LogP contribution >= 0.6 is 0 Å². The summed E-state index contributed by atoms with van der Waals surface area (Å²) in [5.41, 5.74) is 0.956. The Morgan fingerprint density at radius 3 is 2.70 bits per heavy atom. The largest absolute Gasteiger partial charge is 0.460 e. The highest BCUT2D eigenvalue weighted by molar-refractivity contribution is 5.93. The Balaban J connectivity index is 1.62. The summed E-state index contributed by atoms with van der Waals surface area (Å²) < 4.78 is 10.7. The molecule has 7 heteroatoms. The molecule has 0 unspecified atom stereocenters. The Hall–Kier alpha value is -2.67. The van der Waals surface area contributed by atoms with E-state index in [1.165, 1.54) is 6.08 Å². The fourth-order valence-corrected chi connectivity index (χ4v) is 3.86. The number of ether oxygens (including phenoxy) is 2. The summed E-state index contributed by atoms with van der Waals surface area (Å²) in [7, 11) is 0. The second-order valence-corrected chi connectivity index (χ2v) is 8.19. The molecule has 2 heterocycles. The van der Waals surface area contributed by atoms with E-state index in [0.717, 1.165) is 12.0 Å². The van der Waals surface area contributed by atoms with Crippen molar-refractivity contribution in [2.24, 2.45) is 5.92 Å². The summed E-state index contributed by atoms with van der Waals surface area (Å²) >= 11 is 0. The predicted octanol–water partition coefficient (Wildman–Crippen LogP) is 2.38. The van der Waals surface area contributed by atoms with Gasteiger partial charge in [-0.25, -0.2) is 4.79 Å². The molecule has 2 fully saturated rings. The maximum absolute atomic E-state index is 13.0. The second-order valence-electron chi connectivity index (χ2n) is 8.19. The van der Waals surface area contributed by atoms with Crippen molar-refractivity contribution >= 4 is 17.8 Å². The fraction of sp³-hybridized carbons (Fsp3) is 0.522. The minimum atomic E-state index is -0.746. The molecule has 1 aromatic rings. The molecule has 7 nitrogen and oxygen atoms in total. The number of amides is 2. The summed E-state index contributed by atoms with van der Waals surface area (Å²) in [5.74, 6) is -0.781. The molecule has 2 saturated heterocycles. The van der Waals surface area contributed by atoms with E-state index in [9.17, 15) is 14.4 Å². The number of hydrogen-bond acceptors (Lipinski definition) is 5. The van der Waals surface area contributed by atoms with Crippen molar-refractivity contribution in [1.29, 1.82) is 0 Å². The number of carbonyl (C=O) groups excluding carboxylic acids is 3. The molecule has 3 rings (SSSR count). The third kappa shape index (κ3) is 5.27. The van der Waals surface area contributed by atoms with Crippen LogP contribution in [0.5, 0.6) is 0 Å². The van der Waals surface area contributed by atoms with Crippen molar-refractivity contribution in [3.63, 3.8) is 0 Å². The lowest BCUT2D eigenvalue weighted by Gasteiger charge is -2.26. The van der Waals surface area contributed by atoms with Crippen molar-refractivity contribution in [3.8, 4) is 0 Å². The van der Waals surface area contributed by atoms with Crippen LogP contribution in [0.3, 0.4) is 0 Å². The van der Waals surface area contributed by atoms with Crippen LogP contribution in [0.15, 0.2) is 43.0 Å². The smallest absolute Gasteiger partial charge is 0.328 e. The third-order valence-corrected chi connectivity index (χ3v) is 5.35. The molecule has 0 bridgehead atoms. The number of carbonyl (C=O) groups is 3. The zero-order valence-electron chi connectivity index (χ0n) is 17.6. The maximum Gasteiger partial charge on any atom is 0.328 e. The monoisotopic (exact) mass is 414 g/mol. The van der Waals surface area contributed by atoms with Gasteiger partial charge in [0.05, 0.1) is 0 Å². The Bertz CT molecular complexity index is 779. The van der Waals surface area contributed by atoms with Gasteiger partial charge in [0.25, 0.3) is 5.91 Å². The highest BCUT2D eigenvalue weighted by atomic mass is 16.6. The minimum Gasteiger partial charge on any atom is -0.460 e. The van der Waals surface area contributed by atoms with Crippen LogP contribution in [-0.2, 0) is 23.9 Å². The zero-order valence-corrected chi connectivity index (χ0v) is 17.6. The van der Waals surface area contributed by atoms with Gasteiger partial charge in [-0.05, 0) is 30.7 Å². The maximum atomic E-state index is 13.0. The van der Waals surface area contributed by atoms with Crippen LogP contribution in [0.1, 0.15) is 44.8 Å². The number of benzene rings is 1. The summed E-state index contributed by atoms with van der Waals surface area (Å²) in [6.45, 7) is 8.08. The van der Waals surface area contributed by atoms with Gasteiger partial charge in [0.15, 0.2) is 6.10 Å². The van der Waals surface area contributed by atoms with E-state index in [2.05, 4.69) is 11.9 Å². The van der Waals surface area contributed by atoms with Gasteiger partial charge in [-0.15, -0.1) is 0 Å². The SMILES string of the molecule is C=CCOC(=O)[C@H](CC(C)C)NC(=O)[C@@H]1CCCN1C(=O)[C@@H]1O[C@H]1c1ccccc1. The van der Waals surface area contributed by atoms with Crippen molar-refractivity contribution < 1.29 is 23.9 Å². The molecule has 0 radical (unpaired) electrons. The quantitative estimate of drug-likeness (QED) is 0.381. The molecule has 1 N–H and O–H groups in total. The normalized spacial score (nSPS) is 23.7. The van der Waals surface area contributed by atoms with Crippen LogP contribution in [0.4, 0.5) is 0 Å². The average molecular weight is 415 g/mol. The van der Waals surface area contributed by atoms with Gasteiger partial charge in [-0.2, -0.15) is 0 Å². The highest BCUT2D eigenvalue weighted by Crippen LogP contribution is 2.40. The first-order valence-electron chi connectivity index (χ1n) is 10.5. The van der Waals surface area contributed by atoms with Gasteiger partial charge in [-0.3, -0.25) is 9.59 Å². The molecule has 2 aliphatic rings. The Labute approximate surface area is 177 Å². The molecule has 0 aliphatic carbocycles. The zero-order chi connectivity index (χ0) is 21.7. The Morgan fingerprint density at radius 1 is 1.30 bits per heavy atom. The first kappa shape index (κ1) is 22.0. The molecular formula is C23H30N2O5. The highest BCUT2D eigenvalue weighted by Gasteiger charge is 2.50. The van der Waals surface area contributed by atoms with Gasteiger partial charge in [0.1, 0.15) is 24.8 Å². The van der Waals surface area contributed by atoms with Crippen molar-refractivity contribution in [2.45, 2.75) is 57.4 Å². The van der Waals surface area contributed by atoms with Gasteiger partial charge in [-0.1, -0.05) is 56.8 Å². The number of nitrogens with zero attached hydrogens (tertiary/aromatic N) is 1. The lowest BCUT2D eigenvalue weighted by molar-refractivity contribution is -0.148. The topological polar surface area (TPSA) is 88.2 Å². The molecular weight excluding hydrogens is 384 g/mol. The van der Waals surface area contributed by atoms with E-state index in [0.29, 0.717) is 19.4 Å². The van der Waals surface area contributed by atoms with Crippen molar-refractivity contribution in [3.05, 3.63) is 48.6 Å². The first-order chi connectivity index (χ1) is 14.4. The van der Waals surface area contributed by atoms with Crippen LogP contribution in [0, 0.1) is 5.92 Å². The average Bonchev–Trinajstić information content (AvgIpc) is 3.38. The lowest BCUT2D eigenvalue weighted by Crippen LogP contribution is -2.52. The summed E-state index contributed by atoms with van der Waals surface area (Å²) in [5, 5.41) is 2.80. The molecule has 1 aromatic carbocycles. The van der Waals surface area contributed by atoms with E-state index >= 15 is 0 Å². The van der Waals surface area contributed by atoms with Crippen LogP contribution in [-0.4, -0.2) is 54.0 Å². The first-order valence-corrected chi connectivity index (χ1v) is 10.5. The molecule has 0 spiro atoms. The van der Waals surface area contributed by atoms with Crippen LogP contribution in [0.25, 0.3) is 0 Å². The summed E-state index contributed by atoms with van der Waals surface area (Å²) in [4.78, 5) is 39.8. The predicted molar refractivity (Wildman–Crippen MR) is 111 cm³/mol. The number of epoxide rings is 1. The third-order valence-electron chi connectivity index (χ3n) is 5.35. The number of hydrogen-bond donors (Lipinski definition) is 1. The van der Waals surface area contributed by atoms with Gasteiger partial charge < -0.3 is 19.7 Å². The van der Waals surface area contributed by atoms with E-state index < -0.39 is 24.2 Å². The lowest BCUT2D eigenvalue weighted by atomic mass is 10.0. The van der Waals surface area contributed by atoms with Gasteiger partial charge in [0.2, 0.25) is 5.91 Å². The molecule has 2 aliphatic heterocycles. The fourth-order valence-electron chi connectivity index (χ4n) is 3.86. The Morgan fingerprint density at radius 2 is 2.03 bits per heavy atom. The molecule has 2 amide bonds. The molecule has 30 heavy (non-hydrogen) atoms. The number of nitrogens with one attached hydrogen (secondary N) is 1. The second kappa shape index (κ2) is 9.89. The van der Waals surface area contributed by atoms with Gasteiger partial charge in [0, 0.05) is 6.54 Å². The number of likely N-dealkylation sites (tertiary alicyclic amines) is 1. The molecule has 4 atom stereocenters. The van der Waals surface area contributed by atoms with E-state index in [-0.39, 0.29) is 30.4 Å². The summed E-state index contributed by atoms with van der Waals surface area (Å²) in [6.07, 6.45) is 2.45. The van der Waals surface area contributed by atoms with E-state index in [1.807, 2.05) is 44.2 Å². The van der Waals surface area contributed by atoms with Gasteiger partial charge >= 0.3 is 5.97 Å². The Kier molecular flexibility index (Phi) is 7.26. The standard InChI is InChI=1S/C23H30N2O5/c1-4-13-29-23(28)17(14-15(2)3)24-21(26)18-11-8-12-25(18)22(27)20-19(30-20)16-9-6-5-7-10-16/h4-7,9-10,15,17-20H,1,8,11-14H2,2-3H3,(H,24,26)/t17-,18-,19-,20+/m0/s1. The molecule has 0 saturated carbocycles. The van der Waals surface area contributed by atoms with E-state index in [1.54, 1.807) is 4.90 Å². The van der Waals surface area contributed by atoms with Crippen molar-refractivity contribution in [1.82, 2.24) is 10.2 Å². The molecule has 162 valence electrons. The number of esters is 1. The minimum absolute atomic E-state index is 0.0945. The van der Waals surface area contributed by atoms with Crippen LogP contribution < -0.4 is 5.32 Å². The van der Waals surface area contributed by atoms with Crippen molar-refractivity contribution in [2.75, 3.05) is 13.2 Å². The molecule has 0 aromatic heterocycles. The van der Waals surface area contributed by atoms with E-state index in [4.69, 9.17) is 9.47 Å². The summed E-state index contributed by atoms with van der Waals surface area (Å²) in [6, 6.07) is 8.24.